The number of halogens is 2. The topological polar surface area (TPSA) is 84.0 Å². The highest BCUT2D eigenvalue weighted by Crippen LogP contribution is 2.35. The van der Waals surface area contributed by atoms with Crippen LogP contribution in [0, 0.1) is 0 Å². The normalized spacial score (nSPS) is 16.1. The summed E-state index contributed by atoms with van der Waals surface area (Å²) in [6.45, 7) is 8.96. The first-order valence-electron chi connectivity index (χ1n) is 10.5. The van der Waals surface area contributed by atoms with Crippen LogP contribution in [0.1, 0.15) is 45.6 Å². The second-order valence-electron chi connectivity index (χ2n) is 8.54. The zero-order valence-corrected chi connectivity index (χ0v) is 22.0. The van der Waals surface area contributed by atoms with Gasteiger partial charge in [0, 0.05) is 50.3 Å². The van der Waals surface area contributed by atoms with Crippen LogP contribution in [-0.2, 0) is 14.9 Å². The van der Waals surface area contributed by atoms with E-state index in [9.17, 15) is 4.79 Å². The summed E-state index contributed by atoms with van der Waals surface area (Å²) in [7, 11) is 1.75. The molecule has 2 rings (SSSR count). The highest BCUT2D eigenvalue weighted by molar-refractivity contribution is 14.0. The van der Waals surface area contributed by atoms with Crippen molar-refractivity contribution in [3.63, 3.8) is 0 Å². The van der Waals surface area contributed by atoms with Crippen molar-refractivity contribution in [3.05, 3.63) is 34.9 Å². The van der Waals surface area contributed by atoms with Gasteiger partial charge in [-0.05, 0) is 57.7 Å². The summed E-state index contributed by atoms with van der Waals surface area (Å²) in [6, 6.07) is 8.08. The van der Waals surface area contributed by atoms with Gasteiger partial charge < -0.3 is 25.4 Å². The number of nitrogens with one attached hydrogen (secondary N) is 3. The monoisotopic (exact) mass is 566 g/mol. The smallest absolute Gasteiger partial charge is 0.407 e. The molecular weight excluding hydrogens is 531 g/mol. The number of amides is 1. The quantitative estimate of drug-likeness (QED) is 0.200. The van der Waals surface area contributed by atoms with E-state index >= 15 is 0 Å². The first-order chi connectivity index (χ1) is 14.2. The van der Waals surface area contributed by atoms with Gasteiger partial charge in [0.25, 0.3) is 0 Å². The maximum Gasteiger partial charge on any atom is 0.407 e. The zero-order chi connectivity index (χ0) is 22.0. The lowest BCUT2D eigenvalue weighted by Gasteiger charge is -2.38. The van der Waals surface area contributed by atoms with Gasteiger partial charge in [-0.25, -0.2) is 4.79 Å². The van der Waals surface area contributed by atoms with Crippen molar-refractivity contribution in [1.82, 2.24) is 16.0 Å². The zero-order valence-electron chi connectivity index (χ0n) is 18.9. The lowest BCUT2D eigenvalue weighted by molar-refractivity contribution is 0.0512. The summed E-state index contributed by atoms with van der Waals surface area (Å²) in [4.78, 5) is 16.0. The molecule has 1 heterocycles. The minimum atomic E-state index is -0.489. The maximum atomic E-state index is 11.7. The van der Waals surface area contributed by atoms with Crippen molar-refractivity contribution in [3.8, 4) is 0 Å². The van der Waals surface area contributed by atoms with Gasteiger partial charge in [-0.15, -0.1) is 24.0 Å². The van der Waals surface area contributed by atoms with Gasteiger partial charge in [0.05, 0.1) is 0 Å². The predicted octanol–water partition coefficient (Wildman–Crippen LogP) is 4.09. The van der Waals surface area contributed by atoms with Crippen LogP contribution in [0.25, 0.3) is 0 Å². The number of nitrogens with zero attached hydrogens (tertiary/aromatic N) is 1. The van der Waals surface area contributed by atoms with Crippen molar-refractivity contribution < 1.29 is 14.3 Å². The molecule has 9 heteroatoms. The molecule has 0 aliphatic carbocycles. The number of ether oxygens (including phenoxy) is 2. The standard InChI is InChI=1S/C22H35ClN4O3.HI/c1-21(2,3)30-20(28)26-12-6-11-25-19(24-4)27-16-22(9-13-29-14-10-22)17-7-5-8-18(23)15-17;/h5,7-8,15H,6,9-14,16H2,1-4H3,(H,26,28)(H2,24,25,27);1H. The molecule has 1 amide bonds. The molecule has 1 aromatic carbocycles. The van der Waals surface area contributed by atoms with Crippen LogP contribution in [0.3, 0.4) is 0 Å². The molecule has 1 aliphatic rings. The third-order valence-corrected chi connectivity index (χ3v) is 5.25. The van der Waals surface area contributed by atoms with E-state index in [0.29, 0.717) is 13.1 Å². The van der Waals surface area contributed by atoms with Crippen molar-refractivity contribution in [2.45, 2.75) is 51.0 Å². The molecule has 1 aromatic rings. The Labute approximate surface area is 208 Å². The van der Waals surface area contributed by atoms with Crippen molar-refractivity contribution in [1.29, 1.82) is 0 Å². The van der Waals surface area contributed by atoms with E-state index in [1.165, 1.54) is 5.56 Å². The van der Waals surface area contributed by atoms with Gasteiger partial charge in [-0.3, -0.25) is 4.99 Å². The van der Waals surface area contributed by atoms with Crippen LogP contribution >= 0.6 is 35.6 Å². The molecule has 0 radical (unpaired) electrons. The van der Waals surface area contributed by atoms with Gasteiger partial charge in [-0.1, -0.05) is 23.7 Å². The number of benzene rings is 1. The van der Waals surface area contributed by atoms with Crippen LogP contribution in [0.5, 0.6) is 0 Å². The number of rotatable bonds is 7. The second kappa shape index (κ2) is 13.3. The lowest BCUT2D eigenvalue weighted by Crippen LogP contribution is -2.48. The summed E-state index contributed by atoms with van der Waals surface area (Å²) in [6.07, 6.45) is 2.22. The number of hydrogen-bond acceptors (Lipinski definition) is 4. The largest absolute Gasteiger partial charge is 0.444 e. The molecule has 7 nitrogen and oxygen atoms in total. The summed E-state index contributed by atoms with van der Waals surface area (Å²) in [5, 5.41) is 10.3. The van der Waals surface area contributed by atoms with E-state index in [0.717, 1.165) is 50.0 Å². The van der Waals surface area contributed by atoms with E-state index < -0.39 is 11.7 Å². The SMILES string of the molecule is CN=C(NCCCNC(=O)OC(C)(C)C)NCC1(c2cccc(Cl)c2)CCOCC1.I. The molecule has 1 saturated heterocycles. The van der Waals surface area contributed by atoms with E-state index in [1.54, 1.807) is 7.05 Å². The molecule has 0 atom stereocenters. The van der Waals surface area contributed by atoms with E-state index in [1.807, 2.05) is 39.0 Å². The molecular formula is C22H36ClIN4O3. The molecule has 0 aromatic heterocycles. The van der Waals surface area contributed by atoms with Crippen LogP contribution in [0.2, 0.25) is 5.02 Å². The number of aliphatic imine (C=N–C) groups is 1. The molecule has 0 unspecified atom stereocenters. The first-order valence-corrected chi connectivity index (χ1v) is 10.9. The maximum absolute atomic E-state index is 11.7. The highest BCUT2D eigenvalue weighted by atomic mass is 127. The van der Waals surface area contributed by atoms with Gasteiger partial charge in [0.2, 0.25) is 0 Å². The second-order valence-corrected chi connectivity index (χ2v) is 8.97. The van der Waals surface area contributed by atoms with E-state index in [4.69, 9.17) is 21.1 Å². The van der Waals surface area contributed by atoms with Gasteiger partial charge in [0.15, 0.2) is 5.96 Å². The summed E-state index contributed by atoms with van der Waals surface area (Å²) in [5.74, 6) is 0.736. The Kier molecular flexibility index (Phi) is 11.9. The van der Waals surface area contributed by atoms with Crippen LogP contribution in [0.4, 0.5) is 4.79 Å². The Bertz CT molecular complexity index is 719. The summed E-state index contributed by atoms with van der Waals surface area (Å²) in [5.41, 5.74) is 0.694. The van der Waals surface area contributed by atoms with Gasteiger partial charge >= 0.3 is 6.09 Å². The fourth-order valence-electron chi connectivity index (χ4n) is 3.42. The Hall–Kier alpha value is -1.26. The summed E-state index contributed by atoms with van der Waals surface area (Å²) >= 11 is 6.25. The van der Waals surface area contributed by atoms with E-state index in [2.05, 4.69) is 27.0 Å². The number of hydrogen-bond donors (Lipinski definition) is 3. The first kappa shape index (κ1) is 27.8. The number of carbonyl (C=O) groups excluding carboxylic acids is 1. The van der Waals surface area contributed by atoms with Crippen molar-refractivity contribution in [2.24, 2.45) is 4.99 Å². The average Bonchev–Trinajstić information content (AvgIpc) is 2.69. The summed E-state index contributed by atoms with van der Waals surface area (Å²) < 4.78 is 10.8. The molecule has 31 heavy (non-hydrogen) atoms. The van der Waals surface area contributed by atoms with Gasteiger partial charge in [0.1, 0.15) is 5.60 Å². The third kappa shape index (κ3) is 9.82. The van der Waals surface area contributed by atoms with Crippen LogP contribution in [0.15, 0.2) is 29.3 Å². The Balaban J connectivity index is 0.00000480. The number of carbonyl (C=O) groups is 1. The number of alkyl carbamates (subject to hydrolysis) is 1. The number of guanidine groups is 1. The molecule has 0 spiro atoms. The predicted molar refractivity (Wildman–Crippen MR) is 137 cm³/mol. The molecule has 3 N–H and O–H groups in total. The fraction of sp³-hybridized carbons (Fsp3) is 0.636. The molecule has 0 bridgehead atoms. The Morgan fingerprint density at radius 2 is 1.87 bits per heavy atom. The molecule has 1 fully saturated rings. The average molecular weight is 567 g/mol. The van der Waals surface area contributed by atoms with Gasteiger partial charge in [-0.2, -0.15) is 0 Å². The molecule has 0 saturated carbocycles. The molecule has 1 aliphatic heterocycles. The highest BCUT2D eigenvalue weighted by Gasteiger charge is 2.34. The van der Waals surface area contributed by atoms with Crippen LogP contribution < -0.4 is 16.0 Å². The minimum Gasteiger partial charge on any atom is -0.444 e. The minimum absolute atomic E-state index is 0. The third-order valence-electron chi connectivity index (χ3n) is 5.02. The Morgan fingerprint density at radius 1 is 1.19 bits per heavy atom. The van der Waals surface area contributed by atoms with Crippen LogP contribution in [-0.4, -0.2) is 57.5 Å². The lowest BCUT2D eigenvalue weighted by atomic mass is 9.74. The van der Waals surface area contributed by atoms with E-state index in [-0.39, 0.29) is 29.4 Å². The van der Waals surface area contributed by atoms with Crippen molar-refractivity contribution in [2.75, 3.05) is 39.9 Å². The fourth-order valence-corrected chi connectivity index (χ4v) is 3.61. The molecule has 176 valence electrons. The van der Waals surface area contributed by atoms with Crippen molar-refractivity contribution >= 4 is 47.6 Å². The Morgan fingerprint density at radius 3 is 2.48 bits per heavy atom.